The fraction of sp³-hybridized carbons (Fsp3) is 0.324. The number of methoxy groups -OCH3 is 1. The van der Waals surface area contributed by atoms with Crippen molar-refractivity contribution in [1.29, 1.82) is 0 Å². The minimum Gasteiger partial charge on any atom is -0.496 e. The van der Waals surface area contributed by atoms with Gasteiger partial charge in [0.25, 0.3) is 11.8 Å². The van der Waals surface area contributed by atoms with Gasteiger partial charge < -0.3 is 19.8 Å². The Morgan fingerprint density at radius 3 is 2.54 bits per heavy atom. The molecule has 0 fully saturated rings. The van der Waals surface area contributed by atoms with Crippen molar-refractivity contribution in [3.8, 4) is 27.6 Å². The first-order chi connectivity index (χ1) is 23.2. The molecule has 1 atom stereocenters. The van der Waals surface area contributed by atoms with Crippen LogP contribution in [0.25, 0.3) is 21.9 Å². The van der Waals surface area contributed by atoms with Crippen LogP contribution >= 0.6 is 11.3 Å². The van der Waals surface area contributed by atoms with Gasteiger partial charge in [-0.1, -0.05) is 38.1 Å². The Morgan fingerprint density at radius 2 is 1.85 bits per heavy atom. The van der Waals surface area contributed by atoms with Gasteiger partial charge in [0.05, 0.1) is 40.5 Å². The zero-order valence-corrected chi connectivity index (χ0v) is 28.5. The van der Waals surface area contributed by atoms with Crippen molar-refractivity contribution in [3.63, 3.8) is 0 Å². The van der Waals surface area contributed by atoms with E-state index in [1.165, 1.54) is 53.9 Å². The average molecular weight is 668 g/mol. The molecule has 48 heavy (non-hydrogen) atoms. The first-order valence-electron chi connectivity index (χ1n) is 16.1. The van der Waals surface area contributed by atoms with Gasteiger partial charge in [0.15, 0.2) is 0 Å². The molecule has 2 amide bonds. The number of benzene rings is 2. The lowest BCUT2D eigenvalue weighted by molar-refractivity contribution is 0.0946. The molecule has 2 N–H and O–H groups in total. The summed E-state index contributed by atoms with van der Waals surface area (Å²) in [6, 6.07) is 16.0. The number of hydrogen-bond donors (Lipinski definition) is 2. The van der Waals surface area contributed by atoms with Crippen LogP contribution in [0.15, 0.2) is 59.0 Å². The van der Waals surface area contributed by atoms with Crippen molar-refractivity contribution in [2.75, 3.05) is 14.2 Å². The van der Waals surface area contributed by atoms with Gasteiger partial charge in [0.1, 0.15) is 11.6 Å². The smallest absolute Gasteiger partial charge is 0.261 e. The van der Waals surface area contributed by atoms with E-state index in [4.69, 9.17) is 14.1 Å². The van der Waals surface area contributed by atoms with Crippen molar-refractivity contribution >= 4 is 23.2 Å². The zero-order chi connectivity index (χ0) is 33.9. The van der Waals surface area contributed by atoms with Crippen LogP contribution in [0, 0.1) is 18.7 Å². The normalized spacial score (nSPS) is 14.6. The molecule has 11 heteroatoms. The number of carbonyl (C=O) groups is 2. The quantitative estimate of drug-likeness (QED) is 0.182. The summed E-state index contributed by atoms with van der Waals surface area (Å²) in [4.78, 5) is 32.0. The first kappa shape index (κ1) is 33.0. The number of carbonyl (C=O) groups excluding carboxylic acids is 2. The molecule has 0 radical (unpaired) electrons. The minimum atomic E-state index is -0.294. The van der Waals surface area contributed by atoms with Gasteiger partial charge in [-0.05, 0) is 85.0 Å². The van der Waals surface area contributed by atoms with Crippen molar-refractivity contribution in [2.45, 2.75) is 58.9 Å². The van der Waals surface area contributed by atoms with Gasteiger partial charge >= 0.3 is 0 Å². The second-order valence-corrected chi connectivity index (χ2v) is 13.3. The van der Waals surface area contributed by atoms with Crippen molar-refractivity contribution < 1.29 is 23.1 Å². The number of hydrogen-bond acceptors (Lipinski definition) is 8. The highest BCUT2D eigenvalue weighted by Gasteiger charge is 2.38. The third kappa shape index (κ3) is 6.60. The number of halogens is 1. The lowest BCUT2D eigenvalue weighted by Gasteiger charge is -2.18. The highest BCUT2D eigenvalue weighted by atomic mass is 32.1. The molecule has 4 heterocycles. The fourth-order valence-electron chi connectivity index (χ4n) is 6.34. The van der Waals surface area contributed by atoms with Crippen LogP contribution in [0.2, 0.25) is 0 Å². The lowest BCUT2D eigenvalue weighted by atomic mass is 9.92. The molecule has 1 aliphatic carbocycles. The van der Waals surface area contributed by atoms with E-state index in [-0.39, 0.29) is 35.5 Å². The summed E-state index contributed by atoms with van der Waals surface area (Å²) in [5, 5.41) is 14.0. The van der Waals surface area contributed by atoms with Crippen molar-refractivity contribution in [1.82, 2.24) is 25.8 Å². The molecule has 0 saturated heterocycles. The van der Waals surface area contributed by atoms with E-state index in [0.29, 0.717) is 51.7 Å². The number of fused-ring (bicyclic) bond motifs is 2. The van der Waals surface area contributed by atoms with E-state index in [0.717, 1.165) is 16.2 Å². The topological polar surface area (TPSA) is 119 Å². The highest BCUT2D eigenvalue weighted by molar-refractivity contribution is 7.17. The van der Waals surface area contributed by atoms with Crippen LogP contribution in [-0.2, 0) is 25.7 Å². The molecule has 9 nitrogen and oxygen atoms in total. The zero-order valence-electron chi connectivity index (χ0n) is 27.6. The Balaban J connectivity index is 0.000000307. The van der Waals surface area contributed by atoms with E-state index < -0.39 is 0 Å². The second-order valence-electron chi connectivity index (χ2n) is 12.2. The summed E-state index contributed by atoms with van der Waals surface area (Å²) in [5.41, 5.74) is 6.87. The summed E-state index contributed by atoms with van der Waals surface area (Å²) in [7, 11) is 3.32. The Labute approximate surface area is 283 Å². The largest absolute Gasteiger partial charge is 0.496 e. The predicted octanol–water partition coefficient (Wildman–Crippen LogP) is 7.08. The van der Waals surface area contributed by atoms with E-state index in [1.54, 1.807) is 39.3 Å². The van der Waals surface area contributed by atoms with Crippen molar-refractivity contribution in [2.24, 2.45) is 5.92 Å². The summed E-state index contributed by atoms with van der Waals surface area (Å²) >= 11 is 1.29. The molecule has 0 saturated carbocycles. The van der Waals surface area contributed by atoms with Gasteiger partial charge in [0.2, 0.25) is 11.8 Å². The van der Waals surface area contributed by atoms with E-state index in [9.17, 15) is 14.0 Å². The molecule has 0 bridgehead atoms. The van der Waals surface area contributed by atoms with Crippen LogP contribution in [-0.4, -0.2) is 41.2 Å². The Morgan fingerprint density at radius 1 is 1.06 bits per heavy atom. The summed E-state index contributed by atoms with van der Waals surface area (Å²) in [6.45, 7) is 5.76. The van der Waals surface area contributed by atoms with Crippen LogP contribution in [0.3, 0.4) is 0 Å². The predicted molar refractivity (Wildman–Crippen MR) is 183 cm³/mol. The molecule has 248 valence electrons. The number of rotatable bonds is 8. The molecule has 3 aromatic heterocycles. The van der Waals surface area contributed by atoms with Crippen molar-refractivity contribution in [3.05, 3.63) is 105 Å². The molecule has 1 aliphatic heterocycles. The number of pyridine rings is 1. The van der Waals surface area contributed by atoms with Gasteiger partial charge in [-0.15, -0.1) is 21.5 Å². The maximum absolute atomic E-state index is 13.5. The molecule has 2 aliphatic rings. The number of nitrogens with zero attached hydrogens (tertiary/aromatic N) is 3. The maximum Gasteiger partial charge on any atom is 0.261 e. The summed E-state index contributed by atoms with van der Waals surface area (Å²) < 4.78 is 24.6. The Hall–Kier alpha value is -4.90. The fourth-order valence-corrected chi connectivity index (χ4v) is 7.35. The SMILES string of the molecule is CNC(=O)c1ccc(-c2c3c(nc(CCc4ccc(F)cc4)c2-c2nnc(C)o2)C(C(C)C)NC3=O)s1.COc1cccc2c1CCC2. The van der Waals surface area contributed by atoms with Gasteiger partial charge in [-0.3, -0.25) is 14.6 Å². The first-order valence-corrected chi connectivity index (χ1v) is 16.9. The van der Waals surface area contributed by atoms with E-state index in [1.807, 2.05) is 26.0 Å². The third-order valence-electron chi connectivity index (χ3n) is 8.70. The number of amides is 2. The second kappa shape index (κ2) is 14.1. The monoisotopic (exact) mass is 667 g/mol. The molecule has 2 aromatic carbocycles. The number of nitrogens with one attached hydrogen (secondary N) is 2. The highest BCUT2D eigenvalue weighted by Crippen LogP contribution is 2.45. The van der Waals surface area contributed by atoms with Crippen LogP contribution in [0.4, 0.5) is 4.39 Å². The summed E-state index contributed by atoms with van der Waals surface area (Å²) in [5.74, 6) is 1.08. The lowest BCUT2D eigenvalue weighted by Crippen LogP contribution is -2.23. The molecule has 1 unspecified atom stereocenters. The summed E-state index contributed by atoms with van der Waals surface area (Å²) in [6.07, 6.45) is 4.80. The number of thiophene rings is 1. The van der Waals surface area contributed by atoms with Crippen LogP contribution in [0.5, 0.6) is 5.75 Å². The van der Waals surface area contributed by atoms with Crippen LogP contribution in [0.1, 0.15) is 80.3 Å². The average Bonchev–Trinajstić information content (AvgIpc) is 3.91. The van der Waals surface area contributed by atoms with Crippen LogP contribution < -0.4 is 15.4 Å². The standard InChI is InChI=1S/C27H26FN5O3S.C10H12O/c1-13(2)23-24-22(26(35)31-23)21(18-11-12-19(37-18)25(34)29-4)20(27-33-32-14(3)36-27)17(30-24)10-7-15-5-8-16(28)9-6-15;1-11-10-7-3-5-8-4-2-6-9(8)10/h5-6,8-9,11-13,23H,7,10H2,1-4H3,(H,29,34)(H,31,35);3,5,7H,2,4,6H2,1H3. The number of aromatic nitrogens is 3. The Kier molecular flexibility index (Phi) is 9.68. The van der Waals surface area contributed by atoms with Gasteiger partial charge in [-0.2, -0.15) is 0 Å². The minimum absolute atomic E-state index is 0.108. The van der Waals surface area contributed by atoms with E-state index >= 15 is 0 Å². The maximum atomic E-state index is 13.5. The molecule has 7 rings (SSSR count). The van der Waals surface area contributed by atoms with E-state index in [2.05, 4.69) is 33.0 Å². The third-order valence-corrected chi connectivity index (χ3v) is 9.81. The van der Waals surface area contributed by atoms with Gasteiger partial charge in [-0.25, -0.2) is 4.39 Å². The van der Waals surface area contributed by atoms with Gasteiger partial charge in [0, 0.05) is 24.4 Å². The molecule has 5 aromatic rings. The molecule has 0 spiro atoms. The number of ether oxygens (including phenoxy) is 1. The molecular formula is C37H38FN5O4S. The molecular weight excluding hydrogens is 630 g/mol. The number of aryl methyl sites for hydroxylation is 4. The Bertz CT molecular complexity index is 1970.